The Morgan fingerprint density at radius 3 is 2.71 bits per heavy atom. The van der Waals surface area contributed by atoms with E-state index in [9.17, 15) is 8.42 Å². The number of aromatic nitrogens is 2. The van der Waals surface area contributed by atoms with Crippen molar-refractivity contribution in [3.05, 3.63) is 42.2 Å². The van der Waals surface area contributed by atoms with Crippen molar-refractivity contribution in [1.29, 1.82) is 0 Å². The normalized spacial score (nSPS) is 11.1. The maximum atomic E-state index is 12.2. The molecule has 0 aliphatic heterocycles. The van der Waals surface area contributed by atoms with Crippen LogP contribution < -0.4 is 20.7 Å². The molecule has 9 heteroatoms. The average molecular weight is 309 g/mol. The molecule has 2 aromatic rings. The van der Waals surface area contributed by atoms with Gasteiger partial charge in [0.1, 0.15) is 4.90 Å². The average Bonchev–Trinajstić information content (AvgIpc) is 2.53. The molecule has 2 aromatic heterocycles. The summed E-state index contributed by atoms with van der Waals surface area (Å²) in [6.45, 7) is 0.0955. The number of nitrogens with two attached hydrogens (primary N) is 1. The van der Waals surface area contributed by atoms with E-state index in [-0.39, 0.29) is 17.3 Å². The van der Waals surface area contributed by atoms with Crippen molar-refractivity contribution in [2.45, 2.75) is 11.4 Å². The van der Waals surface area contributed by atoms with E-state index in [1.165, 1.54) is 31.6 Å². The number of sulfonamides is 1. The van der Waals surface area contributed by atoms with Crippen molar-refractivity contribution >= 4 is 15.8 Å². The van der Waals surface area contributed by atoms with Crippen LogP contribution in [0, 0.1) is 0 Å². The lowest BCUT2D eigenvalue weighted by molar-refractivity contribution is 0.397. The molecule has 0 bridgehead atoms. The molecule has 112 valence electrons. The fraction of sp³-hybridized carbons (Fsp3) is 0.167. The summed E-state index contributed by atoms with van der Waals surface area (Å²) in [5.41, 5.74) is 2.96. The molecule has 2 rings (SSSR count). The fourth-order valence-electron chi connectivity index (χ4n) is 1.61. The van der Waals surface area contributed by atoms with Gasteiger partial charge >= 0.3 is 0 Å². The van der Waals surface area contributed by atoms with Crippen LogP contribution in [0.5, 0.6) is 5.88 Å². The van der Waals surface area contributed by atoms with Gasteiger partial charge in [0.15, 0.2) is 5.82 Å². The van der Waals surface area contributed by atoms with Gasteiger partial charge in [0.05, 0.1) is 7.11 Å². The van der Waals surface area contributed by atoms with Crippen LogP contribution in [0.2, 0.25) is 0 Å². The van der Waals surface area contributed by atoms with Gasteiger partial charge in [0.25, 0.3) is 0 Å². The molecule has 2 heterocycles. The zero-order chi connectivity index (χ0) is 15.3. The number of anilines is 1. The molecule has 21 heavy (non-hydrogen) atoms. The quantitative estimate of drug-likeness (QED) is 0.517. The second-order valence-electron chi connectivity index (χ2n) is 4.03. The first kappa shape index (κ1) is 15.2. The lowest BCUT2D eigenvalue weighted by Crippen LogP contribution is -2.25. The lowest BCUT2D eigenvalue weighted by Gasteiger charge is -2.10. The number of hydrazine groups is 1. The standard InChI is InChI=1S/C12H15N5O3S/c1-20-11-5-4-9(7-15-11)8-16-21(18,19)10-3-2-6-14-12(10)17-13/h2-7,16H,8,13H2,1H3,(H,14,17). The van der Waals surface area contributed by atoms with Gasteiger partial charge in [-0.15, -0.1) is 0 Å². The Morgan fingerprint density at radius 1 is 1.29 bits per heavy atom. The summed E-state index contributed by atoms with van der Waals surface area (Å²) in [6, 6.07) is 6.31. The first-order chi connectivity index (χ1) is 10.1. The van der Waals surface area contributed by atoms with Crippen LogP contribution in [-0.4, -0.2) is 25.5 Å². The van der Waals surface area contributed by atoms with Crippen LogP contribution in [0.25, 0.3) is 0 Å². The molecule has 0 atom stereocenters. The molecule has 0 fully saturated rings. The minimum absolute atomic E-state index is 0.0195. The molecule has 0 radical (unpaired) electrons. The van der Waals surface area contributed by atoms with Crippen LogP contribution in [0.1, 0.15) is 5.56 Å². The Bertz CT molecular complexity index is 703. The highest BCUT2D eigenvalue weighted by molar-refractivity contribution is 7.89. The number of hydrogen-bond donors (Lipinski definition) is 3. The Hall–Kier alpha value is -2.23. The number of rotatable bonds is 6. The van der Waals surface area contributed by atoms with Crippen LogP contribution in [0.4, 0.5) is 5.82 Å². The van der Waals surface area contributed by atoms with Crippen LogP contribution in [0.3, 0.4) is 0 Å². The minimum atomic E-state index is -3.73. The molecule has 0 aliphatic carbocycles. The SMILES string of the molecule is COc1ccc(CNS(=O)(=O)c2cccnc2NN)cn1. The fourth-order valence-corrected chi connectivity index (χ4v) is 2.74. The Kier molecular flexibility index (Phi) is 4.68. The molecule has 4 N–H and O–H groups in total. The minimum Gasteiger partial charge on any atom is -0.481 e. The third-order valence-corrected chi connectivity index (χ3v) is 4.10. The first-order valence-electron chi connectivity index (χ1n) is 5.97. The van der Waals surface area contributed by atoms with Gasteiger partial charge in [-0.25, -0.2) is 29.0 Å². The molecular formula is C12H15N5O3S. The van der Waals surface area contributed by atoms with E-state index < -0.39 is 10.0 Å². The maximum absolute atomic E-state index is 12.2. The van der Waals surface area contributed by atoms with E-state index in [1.807, 2.05) is 0 Å². The van der Waals surface area contributed by atoms with Gasteiger partial charge in [-0.05, 0) is 17.7 Å². The van der Waals surface area contributed by atoms with Crippen LogP contribution in [-0.2, 0) is 16.6 Å². The summed E-state index contributed by atoms with van der Waals surface area (Å²) in [5, 5.41) is 0. The second-order valence-corrected chi connectivity index (χ2v) is 5.76. The van der Waals surface area contributed by atoms with Crippen LogP contribution >= 0.6 is 0 Å². The van der Waals surface area contributed by atoms with E-state index in [1.54, 1.807) is 12.1 Å². The second kappa shape index (κ2) is 6.48. The molecule has 0 aliphatic rings. The first-order valence-corrected chi connectivity index (χ1v) is 7.45. The van der Waals surface area contributed by atoms with Crippen molar-refractivity contribution in [1.82, 2.24) is 14.7 Å². The van der Waals surface area contributed by atoms with E-state index in [0.29, 0.717) is 11.4 Å². The van der Waals surface area contributed by atoms with Crippen molar-refractivity contribution in [3.8, 4) is 5.88 Å². The number of methoxy groups -OCH3 is 1. The molecule has 0 unspecified atom stereocenters. The van der Waals surface area contributed by atoms with Crippen molar-refractivity contribution in [2.24, 2.45) is 5.84 Å². The summed E-state index contributed by atoms with van der Waals surface area (Å²) in [7, 11) is -2.22. The van der Waals surface area contributed by atoms with Crippen molar-refractivity contribution in [3.63, 3.8) is 0 Å². The summed E-state index contributed by atoms with van der Waals surface area (Å²) in [5.74, 6) is 5.80. The van der Waals surface area contributed by atoms with E-state index >= 15 is 0 Å². The zero-order valence-corrected chi connectivity index (χ0v) is 12.1. The third-order valence-electron chi connectivity index (χ3n) is 2.67. The van der Waals surface area contributed by atoms with Crippen molar-refractivity contribution in [2.75, 3.05) is 12.5 Å². The van der Waals surface area contributed by atoms with Gasteiger partial charge in [-0.3, -0.25) is 0 Å². The Balaban J connectivity index is 2.13. The molecule has 0 spiro atoms. The molecule has 0 saturated carbocycles. The largest absolute Gasteiger partial charge is 0.481 e. The topological polar surface area (TPSA) is 119 Å². The zero-order valence-electron chi connectivity index (χ0n) is 11.3. The van der Waals surface area contributed by atoms with Gasteiger partial charge < -0.3 is 10.2 Å². The highest BCUT2D eigenvalue weighted by Crippen LogP contribution is 2.17. The van der Waals surface area contributed by atoms with Gasteiger partial charge in [-0.2, -0.15) is 0 Å². The summed E-state index contributed by atoms with van der Waals surface area (Å²) in [4.78, 5) is 7.84. The monoisotopic (exact) mass is 309 g/mol. The van der Waals surface area contributed by atoms with E-state index in [0.717, 1.165) is 0 Å². The number of nitrogens with one attached hydrogen (secondary N) is 2. The highest BCUT2D eigenvalue weighted by Gasteiger charge is 2.18. The highest BCUT2D eigenvalue weighted by atomic mass is 32.2. The summed E-state index contributed by atoms with van der Waals surface area (Å²) < 4.78 is 31.8. The maximum Gasteiger partial charge on any atom is 0.244 e. The Labute approximate surface area is 122 Å². The number of nitrogen functional groups attached to an aromatic ring is 1. The summed E-state index contributed by atoms with van der Waals surface area (Å²) in [6.07, 6.45) is 2.98. The molecule has 0 saturated heterocycles. The molecular weight excluding hydrogens is 294 g/mol. The number of ether oxygens (including phenoxy) is 1. The predicted octanol–water partition coefficient (Wildman–Crippen LogP) is 0.249. The van der Waals surface area contributed by atoms with Gasteiger partial charge in [0, 0.05) is 25.0 Å². The van der Waals surface area contributed by atoms with Gasteiger partial charge in [0.2, 0.25) is 15.9 Å². The van der Waals surface area contributed by atoms with E-state index in [2.05, 4.69) is 20.1 Å². The molecule has 8 nitrogen and oxygen atoms in total. The van der Waals surface area contributed by atoms with Crippen LogP contribution in [0.15, 0.2) is 41.6 Å². The van der Waals surface area contributed by atoms with Crippen molar-refractivity contribution < 1.29 is 13.2 Å². The van der Waals surface area contributed by atoms with E-state index in [4.69, 9.17) is 10.6 Å². The lowest BCUT2D eigenvalue weighted by atomic mass is 10.3. The predicted molar refractivity (Wildman–Crippen MR) is 76.9 cm³/mol. The Morgan fingerprint density at radius 2 is 2.10 bits per heavy atom. The molecule has 0 aromatic carbocycles. The van der Waals surface area contributed by atoms with Gasteiger partial charge in [-0.1, -0.05) is 6.07 Å². The number of hydrogen-bond acceptors (Lipinski definition) is 7. The smallest absolute Gasteiger partial charge is 0.244 e. The third kappa shape index (κ3) is 3.66. The molecule has 0 amide bonds. The number of nitrogens with zero attached hydrogens (tertiary/aromatic N) is 2. The summed E-state index contributed by atoms with van der Waals surface area (Å²) >= 11 is 0. The number of pyridine rings is 2.